The quantitative estimate of drug-likeness (QED) is 0.838. The molecule has 2 aromatic rings. The lowest BCUT2D eigenvalue weighted by atomic mass is 9.96. The van der Waals surface area contributed by atoms with E-state index in [2.05, 4.69) is 10.6 Å². The van der Waals surface area contributed by atoms with Crippen molar-refractivity contribution < 1.29 is 18.4 Å². The van der Waals surface area contributed by atoms with E-state index in [0.717, 1.165) is 18.4 Å². The maximum Gasteiger partial charge on any atom is 0.313 e. The van der Waals surface area contributed by atoms with Gasteiger partial charge in [0.15, 0.2) is 0 Å². The van der Waals surface area contributed by atoms with Crippen LogP contribution in [0.2, 0.25) is 0 Å². The largest absolute Gasteiger partial charge is 0.347 e. The van der Waals surface area contributed by atoms with Crippen LogP contribution in [0.5, 0.6) is 0 Å². The Labute approximate surface area is 144 Å². The molecule has 2 amide bonds. The van der Waals surface area contributed by atoms with Crippen LogP contribution in [-0.2, 0) is 15.0 Å². The molecule has 0 bridgehead atoms. The maximum absolute atomic E-state index is 13.5. The third-order valence-electron chi connectivity index (χ3n) is 4.53. The molecule has 130 valence electrons. The third kappa shape index (κ3) is 3.84. The van der Waals surface area contributed by atoms with Gasteiger partial charge in [0.05, 0.1) is 0 Å². The van der Waals surface area contributed by atoms with Crippen molar-refractivity contribution in [3.8, 4) is 0 Å². The number of nitrogens with one attached hydrogen (secondary N) is 2. The number of benzene rings is 2. The molecule has 0 aliphatic heterocycles. The van der Waals surface area contributed by atoms with Crippen molar-refractivity contribution in [3.05, 3.63) is 65.2 Å². The van der Waals surface area contributed by atoms with Crippen LogP contribution in [0.25, 0.3) is 0 Å². The molecule has 0 atom stereocenters. The number of carbonyl (C=O) groups excluding carboxylic acids is 2. The summed E-state index contributed by atoms with van der Waals surface area (Å²) in [5, 5.41) is 4.98. The zero-order valence-corrected chi connectivity index (χ0v) is 13.7. The van der Waals surface area contributed by atoms with Crippen LogP contribution in [0, 0.1) is 18.6 Å². The van der Waals surface area contributed by atoms with Gasteiger partial charge < -0.3 is 10.6 Å². The lowest BCUT2D eigenvalue weighted by Crippen LogP contribution is -2.39. The number of halogens is 2. The summed E-state index contributed by atoms with van der Waals surface area (Å²) in [6.07, 6.45) is 1.73. The van der Waals surface area contributed by atoms with Crippen molar-refractivity contribution in [1.29, 1.82) is 0 Å². The standard InChI is InChI=1S/C19H18F2N2O2/c1-12-2-7-15(10-16(12)21)23-18(25)17(24)22-11-19(8-9-19)13-3-5-14(20)6-4-13/h2-7,10H,8-9,11H2,1H3,(H,22,24)(H,23,25). The number of anilines is 1. The first-order valence-electron chi connectivity index (χ1n) is 8.01. The summed E-state index contributed by atoms with van der Waals surface area (Å²) in [6, 6.07) is 10.4. The first kappa shape index (κ1) is 17.1. The van der Waals surface area contributed by atoms with Gasteiger partial charge in [-0.25, -0.2) is 8.78 Å². The summed E-state index contributed by atoms with van der Waals surface area (Å²) in [4.78, 5) is 23.9. The van der Waals surface area contributed by atoms with Gasteiger partial charge in [0.2, 0.25) is 0 Å². The Bertz CT molecular complexity index is 815. The second-order valence-electron chi connectivity index (χ2n) is 6.39. The fourth-order valence-electron chi connectivity index (χ4n) is 2.71. The molecule has 6 heteroatoms. The number of rotatable bonds is 4. The van der Waals surface area contributed by atoms with E-state index in [1.807, 2.05) is 0 Å². The van der Waals surface area contributed by atoms with Crippen LogP contribution in [0.15, 0.2) is 42.5 Å². The van der Waals surface area contributed by atoms with Crippen LogP contribution in [-0.4, -0.2) is 18.4 Å². The smallest absolute Gasteiger partial charge is 0.313 e. The second kappa shape index (κ2) is 6.63. The Kier molecular flexibility index (Phi) is 4.53. The molecule has 0 aromatic heterocycles. The minimum Gasteiger partial charge on any atom is -0.347 e. The molecule has 1 saturated carbocycles. The molecule has 0 saturated heterocycles. The summed E-state index contributed by atoms with van der Waals surface area (Å²) in [7, 11) is 0. The molecule has 2 aromatic carbocycles. The van der Waals surface area contributed by atoms with Gasteiger partial charge in [0.1, 0.15) is 11.6 Å². The van der Waals surface area contributed by atoms with Crippen molar-refractivity contribution >= 4 is 17.5 Å². The molecular formula is C19H18F2N2O2. The Balaban J connectivity index is 1.57. The van der Waals surface area contributed by atoms with E-state index in [4.69, 9.17) is 0 Å². The molecule has 0 heterocycles. The number of carbonyl (C=O) groups is 2. The average Bonchev–Trinajstić information content (AvgIpc) is 3.38. The predicted octanol–water partition coefficient (Wildman–Crippen LogP) is 3.06. The average molecular weight is 344 g/mol. The minimum atomic E-state index is -0.849. The van der Waals surface area contributed by atoms with Crippen LogP contribution in [0.3, 0.4) is 0 Å². The van der Waals surface area contributed by atoms with E-state index in [1.165, 1.54) is 30.3 Å². The Morgan fingerprint density at radius 2 is 1.72 bits per heavy atom. The van der Waals surface area contributed by atoms with Crippen molar-refractivity contribution in [3.63, 3.8) is 0 Å². The SMILES string of the molecule is Cc1ccc(NC(=O)C(=O)NCC2(c3ccc(F)cc3)CC2)cc1F. The van der Waals surface area contributed by atoms with Gasteiger partial charge in [-0.3, -0.25) is 9.59 Å². The zero-order valence-electron chi connectivity index (χ0n) is 13.7. The molecular weight excluding hydrogens is 326 g/mol. The highest BCUT2D eigenvalue weighted by Crippen LogP contribution is 2.47. The van der Waals surface area contributed by atoms with Gasteiger partial charge in [-0.05, 0) is 55.2 Å². The van der Waals surface area contributed by atoms with Crippen LogP contribution >= 0.6 is 0 Å². The zero-order chi connectivity index (χ0) is 18.0. The highest BCUT2D eigenvalue weighted by atomic mass is 19.1. The molecule has 1 fully saturated rings. The summed E-state index contributed by atoms with van der Waals surface area (Å²) < 4.78 is 26.5. The molecule has 4 nitrogen and oxygen atoms in total. The minimum absolute atomic E-state index is 0.225. The van der Waals surface area contributed by atoms with Gasteiger partial charge in [-0.2, -0.15) is 0 Å². The van der Waals surface area contributed by atoms with E-state index >= 15 is 0 Å². The topological polar surface area (TPSA) is 58.2 Å². The maximum atomic E-state index is 13.5. The summed E-state index contributed by atoms with van der Waals surface area (Å²) >= 11 is 0. The molecule has 0 spiro atoms. The fraction of sp³-hybridized carbons (Fsp3) is 0.263. The fourth-order valence-corrected chi connectivity index (χ4v) is 2.71. The van der Waals surface area contributed by atoms with E-state index in [0.29, 0.717) is 12.1 Å². The third-order valence-corrected chi connectivity index (χ3v) is 4.53. The molecule has 2 N–H and O–H groups in total. The molecule has 25 heavy (non-hydrogen) atoms. The lowest BCUT2D eigenvalue weighted by Gasteiger charge is -2.16. The van der Waals surface area contributed by atoms with Crippen LogP contribution in [0.1, 0.15) is 24.0 Å². The van der Waals surface area contributed by atoms with E-state index in [-0.39, 0.29) is 16.9 Å². The van der Waals surface area contributed by atoms with Crippen molar-refractivity contribution in [2.24, 2.45) is 0 Å². The van der Waals surface area contributed by atoms with E-state index < -0.39 is 17.6 Å². The molecule has 1 aliphatic carbocycles. The van der Waals surface area contributed by atoms with E-state index in [9.17, 15) is 18.4 Å². The van der Waals surface area contributed by atoms with Crippen molar-refractivity contribution in [1.82, 2.24) is 5.32 Å². The highest BCUT2D eigenvalue weighted by Gasteiger charge is 2.44. The van der Waals surface area contributed by atoms with Gasteiger partial charge in [-0.15, -0.1) is 0 Å². The van der Waals surface area contributed by atoms with E-state index in [1.54, 1.807) is 19.1 Å². The Morgan fingerprint density at radius 3 is 2.32 bits per heavy atom. The number of hydrogen-bond acceptors (Lipinski definition) is 2. The van der Waals surface area contributed by atoms with Gasteiger partial charge >= 0.3 is 11.8 Å². The van der Waals surface area contributed by atoms with Crippen LogP contribution < -0.4 is 10.6 Å². The normalized spacial score (nSPS) is 14.7. The number of hydrogen-bond donors (Lipinski definition) is 2. The number of amides is 2. The number of aryl methyl sites for hydroxylation is 1. The second-order valence-corrected chi connectivity index (χ2v) is 6.39. The van der Waals surface area contributed by atoms with Gasteiger partial charge in [0.25, 0.3) is 0 Å². The Morgan fingerprint density at radius 1 is 1.04 bits per heavy atom. The summed E-state index contributed by atoms with van der Waals surface area (Å²) in [6.45, 7) is 1.91. The van der Waals surface area contributed by atoms with Crippen LogP contribution in [0.4, 0.5) is 14.5 Å². The summed E-state index contributed by atoms with van der Waals surface area (Å²) in [5.74, 6) is -2.40. The van der Waals surface area contributed by atoms with Crippen molar-refractivity contribution in [2.75, 3.05) is 11.9 Å². The first-order valence-corrected chi connectivity index (χ1v) is 8.01. The molecule has 0 unspecified atom stereocenters. The molecule has 3 rings (SSSR count). The predicted molar refractivity (Wildman–Crippen MR) is 90.1 cm³/mol. The van der Waals surface area contributed by atoms with Gasteiger partial charge in [-0.1, -0.05) is 18.2 Å². The van der Waals surface area contributed by atoms with Crippen molar-refractivity contribution in [2.45, 2.75) is 25.2 Å². The molecule has 0 radical (unpaired) electrons. The molecule has 1 aliphatic rings. The Hall–Kier alpha value is -2.76. The highest BCUT2D eigenvalue weighted by molar-refractivity contribution is 6.39. The first-order chi connectivity index (χ1) is 11.9. The monoisotopic (exact) mass is 344 g/mol. The summed E-state index contributed by atoms with van der Waals surface area (Å²) in [5.41, 5.74) is 1.38. The van der Waals surface area contributed by atoms with Gasteiger partial charge in [0, 0.05) is 17.6 Å². The lowest BCUT2D eigenvalue weighted by molar-refractivity contribution is -0.136.